The summed E-state index contributed by atoms with van der Waals surface area (Å²) in [4.78, 5) is 4.37. The molecule has 0 N–H and O–H groups in total. The molecule has 0 amide bonds. The lowest BCUT2D eigenvalue weighted by atomic mass is 10.3. The molecule has 18 heavy (non-hydrogen) atoms. The van der Waals surface area contributed by atoms with Crippen molar-refractivity contribution >= 4 is 24.2 Å². The van der Waals surface area contributed by atoms with Gasteiger partial charge in [-0.05, 0) is 24.3 Å². The highest BCUT2D eigenvalue weighted by molar-refractivity contribution is 7.99. The molecule has 0 saturated heterocycles. The molecule has 1 aromatic carbocycles. The van der Waals surface area contributed by atoms with Gasteiger partial charge in [-0.25, -0.2) is 4.98 Å². The molecule has 5 heteroatoms. The summed E-state index contributed by atoms with van der Waals surface area (Å²) >= 11 is 1.76. The van der Waals surface area contributed by atoms with Gasteiger partial charge in [0.2, 0.25) is 0 Å². The second-order valence-corrected chi connectivity index (χ2v) is 5.49. The van der Waals surface area contributed by atoms with Crippen molar-refractivity contribution in [2.45, 2.75) is 24.3 Å². The number of thioether (sulfide) groups is 1. The van der Waals surface area contributed by atoms with E-state index >= 15 is 0 Å². The number of hydrogen-bond acceptors (Lipinski definition) is 3. The van der Waals surface area contributed by atoms with E-state index in [1.54, 1.807) is 18.9 Å². The molecule has 0 spiro atoms. The van der Waals surface area contributed by atoms with Crippen molar-refractivity contribution in [1.29, 1.82) is 0 Å². The maximum atomic E-state index is 5.15. The summed E-state index contributed by atoms with van der Waals surface area (Å²) in [7, 11) is 1.67. The van der Waals surface area contributed by atoms with Crippen molar-refractivity contribution in [3.63, 3.8) is 0 Å². The number of nitrogens with zero attached hydrogens (tertiary/aromatic N) is 2. The molecule has 1 heterocycles. The molecule has 0 radical (unpaired) electrons. The van der Waals surface area contributed by atoms with Gasteiger partial charge in [0.25, 0.3) is 0 Å². The summed E-state index contributed by atoms with van der Waals surface area (Å²) in [5.41, 5.74) is 1.10. The molecular formula is C13H17ClN2OS. The third-order valence-corrected chi connectivity index (χ3v) is 3.28. The van der Waals surface area contributed by atoms with E-state index in [2.05, 4.69) is 23.4 Å². The Bertz CT molecular complexity index is 482. The molecule has 98 valence electrons. The third kappa shape index (κ3) is 3.43. The number of hydrogen-bond donors (Lipinski definition) is 0. The lowest BCUT2D eigenvalue weighted by Gasteiger charge is -2.09. The first kappa shape index (κ1) is 14.9. The van der Waals surface area contributed by atoms with Crippen molar-refractivity contribution in [2.24, 2.45) is 0 Å². The lowest BCUT2D eigenvalue weighted by Crippen LogP contribution is -1.97. The SMILES string of the molecule is COc1ccc(-n2ccnc2SC(C)C)cc1.Cl. The van der Waals surface area contributed by atoms with Gasteiger partial charge in [0.05, 0.1) is 7.11 Å². The first-order valence-corrected chi connectivity index (χ1v) is 6.43. The van der Waals surface area contributed by atoms with Gasteiger partial charge in [0.1, 0.15) is 5.75 Å². The van der Waals surface area contributed by atoms with Crippen LogP contribution in [-0.4, -0.2) is 21.9 Å². The van der Waals surface area contributed by atoms with Crippen LogP contribution in [-0.2, 0) is 0 Å². The zero-order valence-corrected chi connectivity index (χ0v) is 12.3. The number of benzene rings is 1. The van der Waals surface area contributed by atoms with Crippen molar-refractivity contribution in [2.75, 3.05) is 7.11 Å². The van der Waals surface area contributed by atoms with Crippen LogP contribution in [0.25, 0.3) is 5.69 Å². The molecule has 0 unspecified atom stereocenters. The lowest BCUT2D eigenvalue weighted by molar-refractivity contribution is 0.414. The normalized spacial score (nSPS) is 10.2. The van der Waals surface area contributed by atoms with E-state index in [0.29, 0.717) is 5.25 Å². The van der Waals surface area contributed by atoms with Crippen LogP contribution in [0.1, 0.15) is 13.8 Å². The van der Waals surface area contributed by atoms with Gasteiger partial charge < -0.3 is 4.74 Å². The number of aromatic nitrogens is 2. The molecule has 0 aliphatic heterocycles. The summed E-state index contributed by atoms with van der Waals surface area (Å²) in [5, 5.41) is 1.54. The smallest absolute Gasteiger partial charge is 0.172 e. The largest absolute Gasteiger partial charge is 0.497 e. The Morgan fingerprint density at radius 3 is 2.44 bits per heavy atom. The van der Waals surface area contributed by atoms with Crippen molar-refractivity contribution in [1.82, 2.24) is 9.55 Å². The van der Waals surface area contributed by atoms with Crippen LogP contribution in [0.3, 0.4) is 0 Å². The monoisotopic (exact) mass is 284 g/mol. The first-order chi connectivity index (χ1) is 8.20. The van der Waals surface area contributed by atoms with E-state index < -0.39 is 0 Å². The van der Waals surface area contributed by atoms with Crippen LogP contribution < -0.4 is 4.74 Å². The minimum absolute atomic E-state index is 0. The summed E-state index contributed by atoms with van der Waals surface area (Å²) in [6.07, 6.45) is 3.81. The standard InChI is InChI=1S/C13H16N2OS.ClH/c1-10(2)17-13-14-8-9-15(13)11-4-6-12(16-3)7-5-11;/h4-10H,1-3H3;1H. The predicted octanol–water partition coefficient (Wildman–Crippen LogP) is 3.80. The molecule has 1 aromatic heterocycles. The summed E-state index contributed by atoms with van der Waals surface area (Å²) < 4.78 is 7.24. The second-order valence-electron chi connectivity index (χ2n) is 3.94. The van der Waals surface area contributed by atoms with Gasteiger partial charge in [0.15, 0.2) is 5.16 Å². The quantitative estimate of drug-likeness (QED) is 0.799. The fourth-order valence-corrected chi connectivity index (χ4v) is 2.35. The number of halogens is 1. The Balaban J connectivity index is 0.00000162. The molecule has 2 aromatic rings. The Morgan fingerprint density at radius 1 is 1.22 bits per heavy atom. The van der Waals surface area contributed by atoms with E-state index in [0.717, 1.165) is 16.6 Å². The molecule has 0 atom stereocenters. The van der Waals surface area contributed by atoms with Crippen molar-refractivity contribution < 1.29 is 4.74 Å². The highest BCUT2D eigenvalue weighted by Gasteiger charge is 2.07. The summed E-state index contributed by atoms with van der Waals surface area (Å²) in [5.74, 6) is 0.868. The molecule has 0 bridgehead atoms. The minimum Gasteiger partial charge on any atom is -0.497 e. The topological polar surface area (TPSA) is 27.1 Å². The zero-order valence-electron chi connectivity index (χ0n) is 10.7. The van der Waals surface area contributed by atoms with Gasteiger partial charge in [0, 0.05) is 23.3 Å². The molecule has 0 fully saturated rings. The molecule has 3 nitrogen and oxygen atoms in total. The van der Waals surface area contributed by atoms with E-state index in [1.807, 2.05) is 36.7 Å². The summed E-state index contributed by atoms with van der Waals surface area (Å²) in [6, 6.07) is 7.98. The Kier molecular flexibility index (Phi) is 5.56. The van der Waals surface area contributed by atoms with Crippen molar-refractivity contribution in [3.8, 4) is 11.4 Å². The van der Waals surface area contributed by atoms with Crippen LogP contribution in [0.2, 0.25) is 0 Å². The minimum atomic E-state index is 0. The molecular weight excluding hydrogens is 268 g/mol. The average Bonchev–Trinajstić information content (AvgIpc) is 2.76. The summed E-state index contributed by atoms with van der Waals surface area (Å²) in [6.45, 7) is 4.33. The van der Waals surface area contributed by atoms with Gasteiger partial charge in [-0.2, -0.15) is 0 Å². The molecule has 0 saturated carbocycles. The Labute approximate surface area is 118 Å². The highest BCUT2D eigenvalue weighted by Crippen LogP contribution is 2.24. The molecule has 2 rings (SSSR count). The van der Waals surface area contributed by atoms with Crippen LogP contribution in [0.4, 0.5) is 0 Å². The first-order valence-electron chi connectivity index (χ1n) is 5.55. The average molecular weight is 285 g/mol. The van der Waals surface area contributed by atoms with Crippen LogP contribution in [0.5, 0.6) is 5.75 Å². The Hall–Kier alpha value is -1.13. The molecule has 0 aliphatic carbocycles. The highest BCUT2D eigenvalue weighted by atomic mass is 35.5. The van der Waals surface area contributed by atoms with Gasteiger partial charge in [-0.3, -0.25) is 4.57 Å². The fourth-order valence-electron chi connectivity index (χ4n) is 1.53. The number of ether oxygens (including phenoxy) is 1. The van der Waals surface area contributed by atoms with E-state index in [1.165, 1.54) is 0 Å². The van der Waals surface area contributed by atoms with E-state index in [4.69, 9.17) is 4.74 Å². The van der Waals surface area contributed by atoms with Crippen LogP contribution >= 0.6 is 24.2 Å². The van der Waals surface area contributed by atoms with Crippen LogP contribution in [0.15, 0.2) is 41.8 Å². The number of imidazole rings is 1. The number of methoxy groups -OCH3 is 1. The maximum absolute atomic E-state index is 5.15. The number of rotatable bonds is 4. The van der Waals surface area contributed by atoms with Crippen molar-refractivity contribution in [3.05, 3.63) is 36.7 Å². The zero-order chi connectivity index (χ0) is 12.3. The van der Waals surface area contributed by atoms with Crippen LogP contribution in [0, 0.1) is 0 Å². The Morgan fingerprint density at radius 2 is 1.89 bits per heavy atom. The van der Waals surface area contributed by atoms with E-state index in [-0.39, 0.29) is 12.4 Å². The fraction of sp³-hybridized carbons (Fsp3) is 0.308. The van der Waals surface area contributed by atoms with Gasteiger partial charge in [-0.1, -0.05) is 25.6 Å². The predicted molar refractivity (Wildman–Crippen MR) is 78.4 cm³/mol. The molecule has 0 aliphatic rings. The van der Waals surface area contributed by atoms with E-state index in [9.17, 15) is 0 Å². The maximum Gasteiger partial charge on any atom is 0.172 e. The third-order valence-electron chi connectivity index (χ3n) is 2.30. The van der Waals surface area contributed by atoms with Gasteiger partial charge in [-0.15, -0.1) is 12.4 Å². The second kappa shape index (κ2) is 6.71. The van der Waals surface area contributed by atoms with Gasteiger partial charge >= 0.3 is 0 Å².